The maximum absolute atomic E-state index is 15.1. The lowest BCUT2D eigenvalue weighted by Crippen LogP contribution is -2.60. The second kappa shape index (κ2) is 11.1. The van der Waals surface area contributed by atoms with E-state index in [4.69, 9.17) is 14.7 Å². The number of anilines is 2. The third kappa shape index (κ3) is 6.11. The fourth-order valence-corrected chi connectivity index (χ4v) is 6.40. The number of likely N-dealkylation sites (tertiary alicyclic amines) is 1. The van der Waals surface area contributed by atoms with E-state index in [2.05, 4.69) is 29.0 Å². The van der Waals surface area contributed by atoms with Crippen LogP contribution >= 0.6 is 0 Å². The molecule has 2 amide bonds. The molecule has 2 aromatic rings. The molecule has 0 unspecified atom stereocenters. The van der Waals surface area contributed by atoms with Crippen molar-refractivity contribution in [3.63, 3.8) is 0 Å². The summed E-state index contributed by atoms with van der Waals surface area (Å²) in [6.07, 6.45) is 2.54. The molecule has 1 aromatic carbocycles. The number of carbonyl (C=O) groups is 2. The van der Waals surface area contributed by atoms with E-state index in [0.29, 0.717) is 55.6 Å². The van der Waals surface area contributed by atoms with Crippen molar-refractivity contribution in [2.24, 2.45) is 11.3 Å². The van der Waals surface area contributed by atoms with Gasteiger partial charge in [0.1, 0.15) is 17.2 Å². The minimum atomic E-state index is -0.528. The lowest BCUT2D eigenvalue weighted by Gasteiger charge is -2.47. The highest BCUT2D eigenvalue weighted by atomic mass is 19.1. The van der Waals surface area contributed by atoms with Crippen molar-refractivity contribution in [1.82, 2.24) is 20.2 Å². The van der Waals surface area contributed by atoms with Gasteiger partial charge in [0.15, 0.2) is 0 Å². The lowest BCUT2D eigenvalue weighted by atomic mass is 9.79. The van der Waals surface area contributed by atoms with Crippen LogP contribution in [0, 0.1) is 17.2 Å². The van der Waals surface area contributed by atoms with Gasteiger partial charge in [-0.15, -0.1) is 0 Å². The number of ether oxygens (including phenoxy) is 1. The molecule has 1 atom stereocenters. The van der Waals surface area contributed by atoms with E-state index >= 15 is 4.39 Å². The van der Waals surface area contributed by atoms with E-state index in [1.54, 1.807) is 24.1 Å². The van der Waals surface area contributed by atoms with Crippen molar-refractivity contribution in [2.75, 3.05) is 49.6 Å². The molecule has 3 aliphatic rings. The van der Waals surface area contributed by atoms with E-state index in [9.17, 15) is 9.59 Å². The Balaban J connectivity index is 1.45. The van der Waals surface area contributed by atoms with Crippen LogP contribution in [0.2, 0.25) is 0 Å². The summed E-state index contributed by atoms with van der Waals surface area (Å²) in [4.78, 5) is 41.3. The van der Waals surface area contributed by atoms with Crippen molar-refractivity contribution in [2.45, 2.75) is 71.9 Å². The van der Waals surface area contributed by atoms with E-state index in [-0.39, 0.29) is 29.3 Å². The quantitative estimate of drug-likeness (QED) is 0.522. The predicted molar refractivity (Wildman–Crippen MR) is 157 cm³/mol. The number of amides is 2. The van der Waals surface area contributed by atoms with Crippen LogP contribution in [0.15, 0.2) is 24.3 Å². The van der Waals surface area contributed by atoms with Crippen LogP contribution in [-0.2, 0) is 16.0 Å². The molecule has 5 rings (SSSR count). The molecule has 3 aliphatic heterocycles. The number of fused-ring (bicyclic) bond motifs is 1. The molecule has 0 radical (unpaired) electrons. The molecule has 222 valence electrons. The van der Waals surface area contributed by atoms with Crippen LogP contribution in [-0.4, -0.2) is 78.3 Å². The van der Waals surface area contributed by atoms with Gasteiger partial charge in [-0.05, 0) is 58.1 Å². The fourth-order valence-electron chi connectivity index (χ4n) is 6.40. The Hall–Kier alpha value is -3.43. The van der Waals surface area contributed by atoms with Crippen LogP contribution in [0.1, 0.15) is 59.4 Å². The van der Waals surface area contributed by atoms with Gasteiger partial charge in [0.25, 0.3) is 0 Å². The monoisotopic (exact) mass is 566 g/mol. The van der Waals surface area contributed by atoms with Crippen molar-refractivity contribution in [3.8, 4) is 11.3 Å². The molecular weight excluding hydrogens is 523 g/mol. The molecule has 2 fully saturated rings. The normalized spacial score (nSPS) is 18.5. The summed E-state index contributed by atoms with van der Waals surface area (Å²) in [6, 6.07) is 6.74. The van der Waals surface area contributed by atoms with Crippen LogP contribution in [0.3, 0.4) is 0 Å². The van der Waals surface area contributed by atoms with Crippen LogP contribution in [0.5, 0.6) is 0 Å². The minimum Gasteiger partial charge on any atom is -0.444 e. The molecule has 9 nitrogen and oxygen atoms in total. The lowest BCUT2D eigenvalue weighted by molar-refractivity contribution is -0.121. The standard InChI is InChI=1S/C31H43FN6O3/c1-20(2)15-21(16-25(39)33-6)38-13-11-23-26(22-9-7-8-10-24(22)32)34-28(35-27(23)38)36-14-12-31(17-36)18-37(19-31)29(40)41-30(3,4)5/h7-10,20-21H,11-19H2,1-6H3,(H,33,39)/t21-/m1/s1. The first-order valence-electron chi connectivity index (χ1n) is 14.7. The van der Waals surface area contributed by atoms with Gasteiger partial charge in [-0.3, -0.25) is 4.79 Å². The Morgan fingerprint density at radius 2 is 1.85 bits per heavy atom. The number of hydrogen-bond donors (Lipinski definition) is 1. The Morgan fingerprint density at radius 1 is 1.12 bits per heavy atom. The maximum atomic E-state index is 15.1. The van der Waals surface area contributed by atoms with Gasteiger partial charge < -0.3 is 24.8 Å². The second-order valence-electron chi connectivity index (χ2n) is 13.3. The number of hydrogen-bond acceptors (Lipinski definition) is 7. The predicted octanol–water partition coefficient (Wildman–Crippen LogP) is 4.64. The van der Waals surface area contributed by atoms with Gasteiger partial charge in [0, 0.05) is 68.8 Å². The molecule has 1 spiro atoms. The van der Waals surface area contributed by atoms with E-state index in [1.165, 1.54) is 6.07 Å². The van der Waals surface area contributed by atoms with Crippen molar-refractivity contribution < 1.29 is 18.7 Å². The molecule has 4 heterocycles. The second-order valence-corrected chi connectivity index (χ2v) is 13.3. The summed E-state index contributed by atoms with van der Waals surface area (Å²) in [5.74, 6) is 1.45. The maximum Gasteiger partial charge on any atom is 0.410 e. The first-order chi connectivity index (χ1) is 19.4. The summed E-state index contributed by atoms with van der Waals surface area (Å²) in [5.41, 5.74) is 1.46. The number of nitrogens with zero attached hydrogens (tertiary/aromatic N) is 5. The third-order valence-electron chi connectivity index (χ3n) is 8.29. The number of rotatable bonds is 7. The van der Waals surface area contributed by atoms with Gasteiger partial charge in [-0.1, -0.05) is 26.0 Å². The van der Waals surface area contributed by atoms with E-state index in [1.807, 2.05) is 26.8 Å². The number of benzene rings is 1. The average Bonchev–Trinajstić information content (AvgIpc) is 3.51. The SMILES string of the molecule is CNC(=O)C[C@@H](CC(C)C)N1CCc2c(-c3ccccc3F)nc(N3CCC4(CN(C(=O)OC(C)(C)C)C4)C3)nc21. The fraction of sp³-hybridized carbons (Fsp3) is 0.613. The van der Waals surface area contributed by atoms with Gasteiger partial charge in [-0.25, -0.2) is 14.2 Å². The Morgan fingerprint density at radius 3 is 2.51 bits per heavy atom. The average molecular weight is 567 g/mol. The molecule has 1 aromatic heterocycles. The van der Waals surface area contributed by atoms with Crippen molar-refractivity contribution >= 4 is 23.8 Å². The van der Waals surface area contributed by atoms with Gasteiger partial charge in [0.05, 0.1) is 5.69 Å². The number of aromatic nitrogens is 2. The third-order valence-corrected chi connectivity index (χ3v) is 8.29. The van der Waals surface area contributed by atoms with Crippen molar-refractivity contribution in [3.05, 3.63) is 35.6 Å². The molecule has 0 aliphatic carbocycles. The Labute approximate surface area is 242 Å². The number of halogens is 1. The van der Waals surface area contributed by atoms with Gasteiger partial charge in [0.2, 0.25) is 11.9 Å². The molecular formula is C31H43FN6O3. The first kappa shape index (κ1) is 29.1. The zero-order valence-corrected chi connectivity index (χ0v) is 25.2. The highest BCUT2D eigenvalue weighted by Gasteiger charge is 2.51. The summed E-state index contributed by atoms with van der Waals surface area (Å²) in [5, 5.41) is 2.77. The van der Waals surface area contributed by atoms with Crippen molar-refractivity contribution in [1.29, 1.82) is 0 Å². The first-order valence-corrected chi connectivity index (χ1v) is 14.7. The molecule has 1 N–H and O–H groups in total. The van der Waals surface area contributed by atoms with Crippen LogP contribution in [0.4, 0.5) is 21.0 Å². The molecule has 2 saturated heterocycles. The number of carbonyl (C=O) groups excluding carboxylic acids is 2. The summed E-state index contributed by atoms with van der Waals surface area (Å²) >= 11 is 0. The molecule has 10 heteroatoms. The minimum absolute atomic E-state index is 0.00582. The zero-order valence-electron chi connectivity index (χ0n) is 25.2. The van der Waals surface area contributed by atoms with E-state index in [0.717, 1.165) is 37.3 Å². The van der Waals surface area contributed by atoms with Gasteiger partial charge in [-0.2, -0.15) is 4.98 Å². The zero-order chi connectivity index (χ0) is 29.5. The van der Waals surface area contributed by atoms with Crippen LogP contribution < -0.4 is 15.1 Å². The Bertz CT molecular complexity index is 1300. The summed E-state index contributed by atoms with van der Waals surface area (Å²) < 4.78 is 20.7. The molecule has 0 bridgehead atoms. The summed E-state index contributed by atoms with van der Waals surface area (Å²) in [6.45, 7) is 13.4. The molecule has 41 heavy (non-hydrogen) atoms. The largest absolute Gasteiger partial charge is 0.444 e. The topological polar surface area (TPSA) is 90.9 Å². The highest BCUT2D eigenvalue weighted by molar-refractivity contribution is 5.78. The van der Waals surface area contributed by atoms with Gasteiger partial charge >= 0.3 is 6.09 Å². The number of nitrogens with one attached hydrogen (secondary N) is 1. The molecule has 0 saturated carbocycles. The van der Waals surface area contributed by atoms with E-state index < -0.39 is 5.60 Å². The van der Waals surface area contributed by atoms with Crippen LogP contribution in [0.25, 0.3) is 11.3 Å². The Kier molecular flexibility index (Phi) is 7.87. The smallest absolute Gasteiger partial charge is 0.410 e. The highest BCUT2D eigenvalue weighted by Crippen LogP contribution is 2.43. The summed E-state index contributed by atoms with van der Waals surface area (Å²) in [7, 11) is 1.66.